The van der Waals surface area contributed by atoms with Gasteiger partial charge in [0, 0.05) is 31.7 Å². The lowest BCUT2D eigenvalue weighted by Crippen LogP contribution is -2.36. The van der Waals surface area contributed by atoms with Crippen LogP contribution in [0.5, 0.6) is 0 Å². The molecule has 27 heavy (non-hydrogen) atoms. The van der Waals surface area contributed by atoms with Crippen LogP contribution in [0.2, 0.25) is 5.02 Å². The number of halogens is 2. The molecule has 6 heteroatoms. The summed E-state index contributed by atoms with van der Waals surface area (Å²) < 4.78 is 0. The van der Waals surface area contributed by atoms with Gasteiger partial charge in [-0.05, 0) is 54.8 Å². The van der Waals surface area contributed by atoms with Gasteiger partial charge in [-0.1, -0.05) is 48.0 Å². The molecule has 0 unspecified atom stereocenters. The maximum Gasteiger partial charge on any atom is 0.191 e. The molecule has 1 fully saturated rings. The zero-order valence-corrected chi connectivity index (χ0v) is 18.8. The Kier molecular flexibility index (Phi) is 9.38. The first kappa shape index (κ1) is 22.0. The molecule has 146 valence electrons. The SMILES string of the molecule is CN=C(NCc1ccc(CN2CCCC2)cc1)NCc1cccc(Cl)c1.I. The Bertz CT molecular complexity index is 727. The zero-order chi connectivity index (χ0) is 18.2. The van der Waals surface area contributed by atoms with E-state index in [-0.39, 0.29) is 24.0 Å². The van der Waals surface area contributed by atoms with Gasteiger partial charge in [-0.15, -0.1) is 24.0 Å². The number of guanidine groups is 1. The van der Waals surface area contributed by atoms with Crippen molar-refractivity contribution in [1.29, 1.82) is 0 Å². The number of hydrogen-bond acceptors (Lipinski definition) is 2. The lowest BCUT2D eigenvalue weighted by Gasteiger charge is -2.15. The van der Waals surface area contributed by atoms with E-state index in [0.29, 0.717) is 6.54 Å². The molecule has 4 nitrogen and oxygen atoms in total. The first-order chi connectivity index (χ1) is 12.7. The van der Waals surface area contributed by atoms with Crippen molar-refractivity contribution in [3.63, 3.8) is 0 Å². The van der Waals surface area contributed by atoms with E-state index in [1.807, 2.05) is 24.3 Å². The van der Waals surface area contributed by atoms with Gasteiger partial charge in [0.2, 0.25) is 0 Å². The second-order valence-corrected chi connectivity index (χ2v) is 7.15. The lowest BCUT2D eigenvalue weighted by atomic mass is 10.1. The molecule has 2 aromatic rings. The first-order valence-electron chi connectivity index (χ1n) is 9.22. The second-order valence-electron chi connectivity index (χ2n) is 6.71. The lowest BCUT2D eigenvalue weighted by molar-refractivity contribution is 0.331. The van der Waals surface area contributed by atoms with Crippen LogP contribution in [-0.2, 0) is 19.6 Å². The number of nitrogens with one attached hydrogen (secondary N) is 2. The highest BCUT2D eigenvalue weighted by Gasteiger charge is 2.11. The molecule has 0 aliphatic carbocycles. The fourth-order valence-corrected chi connectivity index (χ4v) is 3.41. The summed E-state index contributed by atoms with van der Waals surface area (Å²) in [5, 5.41) is 7.43. The quantitative estimate of drug-likeness (QED) is 0.352. The number of rotatable bonds is 6. The third kappa shape index (κ3) is 7.31. The van der Waals surface area contributed by atoms with Crippen LogP contribution in [0.1, 0.15) is 29.5 Å². The van der Waals surface area contributed by atoms with Crippen molar-refractivity contribution in [2.75, 3.05) is 20.1 Å². The Morgan fingerprint density at radius 3 is 2.22 bits per heavy atom. The van der Waals surface area contributed by atoms with Crippen molar-refractivity contribution in [3.05, 3.63) is 70.2 Å². The maximum absolute atomic E-state index is 6.02. The number of benzene rings is 2. The third-order valence-corrected chi connectivity index (χ3v) is 4.90. The molecule has 2 N–H and O–H groups in total. The minimum absolute atomic E-state index is 0. The molecule has 0 bridgehead atoms. The van der Waals surface area contributed by atoms with E-state index in [0.717, 1.165) is 29.6 Å². The summed E-state index contributed by atoms with van der Waals surface area (Å²) in [6.45, 7) is 4.97. The molecule has 0 aromatic heterocycles. The monoisotopic (exact) mass is 498 g/mol. The molecule has 1 heterocycles. The van der Waals surface area contributed by atoms with Crippen molar-refractivity contribution < 1.29 is 0 Å². The summed E-state index contributed by atoms with van der Waals surface area (Å²) in [7, 11) is 1.78. The van der Waals surface area contributed by atoms with Gasteiger partial charge >= 0.3 is 0 Å². The molecule has 0 saturated carbocycles. The molecule has 2 aromatic carbocycles. The largest absolute Gasteiger partial charge is 0.352 e. The zero-order valence-electron chi connectivity index (χ0n) is 15.7. The average Bonchev–Trinajstić information content (AvgIpc) is 3.16. The standard InChI is InChI=1S/C21H27ClN4.HI/c1-23-21(25-15-19-5-4-6-20(22)13-19)24-14-17-7-9-18(10-8-17)16-26-11-2-3-12-26;/h4-10,13H,2-3,11-12,14-16H2,1H3,(H2,23,24,25);1H. The molecule has 1 aliphatic heterocycles. The Balaban J connectivity index is 0.00000261. The van der Waals surface area contributed by atoms with Gasteiger partial charge in [0.05, 0.1) is 0 Å². The second kappa shape index (κ2) is 11.5. The number of aliphatic imine (C=N–C) groups is 1. The number of nitrogens with zero attached hydrogens (tertiary/aromatic N) is 2. The molecule has 0 spiro atoms. The Morgan fingerprint density at radius 1 is 0.963 bits per heavy atom. The van der Waals surface area contributed by atoms with Crippen LogP contribution in [0.3, 0.4) is 0 Å². The molecular formula is C21H28ClIN4. The van der Waals surface area contributed by atoms with E-state index < -0.39 is 0 Å². The van der Waals surface area contributed by atoms with Gasteiger partial charge in [-0.25, -0.2) is 0 Å². The minimum Gasteiger partial charge on any atom is -0.352 e. The van der Waals surface area contributed by atoms with E-state index in [1.165, 1.54) is 37.1 Å². The van der Waals surface area contributed by atoms with Crippen LogP contribution in [0.4, 0.5) is 0 Å². The molecule has 0 amide bonds. The predicted molar refractivity (Wildman–Crippen MR) is 125 cm³/mol. The smallest absolute Gasteiger partial charge is 0.191 e. The fourth-order valence-electron chi connectivity index (χ4n) is 3.20. The Morgan fingerprint density at radius 2 is 1.59 bits per heavy atom. The van der Waals surface area contributed by atoms with Crippen molar-refractivity contribution >= 4 is 41.5 Å². The topological polar surface area (TPSA) is 39.7 Å². The van der Waals surface area contributed by atoms with E-state index in [4.69, 9.17) is 11.6 Å². The molecule has 0 atom stereocenters. The minimum atomic E-state index is 0. The van der Waals surface area contributed by atoms with Gasteiger partial charge in [-0.3, -0.25) is 9.89 Å². The van der Waals surface area contributed by atoms with Crippen LogP contribution in [0.15, 0.2) is 53.5 Å². The molecule has 0 radical (unpaired) electrons. The van der Waals surface area contributed by atoms with Gasteiger partial charge in [0.15, 0.2) is 5.96 Å². The van der Waals surface area contributed by atoms with Crippen molar-refractivity contribution in [2.24, 2.45) is 4.99 Å². The highest BCUT2D eigenvalue weighted by Crippen LogP contribution is 2.13. The average molecular weight is 499 g/mol. The first-order valence-corrected chi connectivity index (χ1v) is 9.60. The maximum atomic E-state index is 6.02. The van der Waals surface area contributed by atoms with Crippen molar-refractivity contribution in [3.8, 4) is 0 Å². The molecule has 3 rings (SSSR count). The van der Waals surface area contributed by atoms with Gasteiger partial charge in [0.1, 0.15) is 0 Å². The molecule has 1 saturated heterocycles. The number of hydrogen-bond donors (Lipinski definition) is 2. The van der Waals surface area contributed by atoms with Gasteiger partial charge in [0.25, 0.3) is 0 Å². The summed E-state index contributed by atoms with van der Waals surface area (Å²) in [4.78, 5) is 6.80. The summed E-state index contributed by atoms with van der Waals surface area (Å²) in [6, 6.07) is 16.7. The highest BCUT2D eigenvalue weighted by molar-refractivity contribution is 14.0. The van der Waals surface area contributed by atoms with Gasteiger partial charge < -0.3 is 10.6 Å². The van der Waals surface area contributed by atoms with E-state index in [2.05, 4.69) is 44.8 Å². The van der Waals surface area contributed by atoms with E-state index >= 15 is 0 Å². The summed E-state index contributed by atoms with van der Waals surface area (Å²) >= 11 is 6.02. The van der Waals surface area contributed by atoms with Crippen LogP contribution in [0.25, 0.3) is 0 Å². The predicted octanol–water partition coefficient (Wildman–Crippen LogP) is 4.42. The van der Waals surface area contributed by atoms with Crippen molar-refractivity contribution in [1.82, 2.24) is 15.5 Å². The van der Waals surface area contributed by atoms with E-state index in [1.54, 1.807) is 7.05 Å². The summed E-state index contributed by atoms with van der Waals surface area (Å²) in [6.07, 6.45) is 2.67. The highest BCUT2D eigenvalue weighted by atomic mass is 127. The fraction of sp³-hybridized carbons (Fsp3) is 0.381. The normalized spacial score (nSPS) is 14.7. The van der Waals surface area contributed by atoms with Crippen LogP contribution in [0, 0.1) is 0 Å². The van der Waals surface area contributed by atoms with Crippen LogP contribution < -0.4 is 10.6 Å². The van der Waals surface area contributed by atoms with Crippen LogP contribution >= 0.6 is 35.6 Å². The van der Waals surface area contributed by atoms with E-state index in [9.17, 15) is 0 Å². The molecule has 1 aliphatic rings. The van der Waals surface area contributed by atoms with Gasteiger partial charge in [-0.2, -0.15) is 0 Å². The molecular weight excluding hydrogens is 471 g/mol. The van der Waals surface area contributed by atoms with Crippen LogP contribution in [-0.4, -0.2) is 31.0 Å². The third-order valence-electron chi connectivity index (χ3n) is 4.66. The summed E-state index contributed by atoms with van der Waals surface area (Å²) in [5.41, 5.74) is 3.77. The Hall–Kier alpha value is -1.31. The number of likely N-dealkylation sites (tertiary alicyclic amines) is 1. The van der Waals surface area contributed by atoms with Crippen molar-refractivity contribution in [2.45, 2.75) is 32.5 Å². The summed E-state index contributed by atoms with van der Waals surface area (Å²) in [5.74, 6) is 0.783. The Labute approximate surface area is 184 Å².